The lowest BCUT2D eigenvalue weighted by Crippen LogP contribution is -2.28. The van der Waals surface area contributed by atoms with E-state index < -0.39 is 5.97 Å². The molecule has 0 aromatic carbocycles. The number of carbonyl (C=O) groups excluding carboxylic acids is 1. The Labute approximate surface area is 99.9 Å². The Balaban J connectivity index is 2.03. The van der Waals surface area contributed by atoms with E-state index >= 15 is 0 Å². The van der Waals surface area contributed by atoms with Crippen LogP contribution in [0.5, 0.6) is 0 Å². The van der Waals surface area contributed by atoms with E-state index in [0.29, 0.717) is 12.6 Å². The van der Waals surface area contributed by atoms with Crippen molar-refractivity contribution < 1.29 is 13.9 Å². The maximum Gasteiger partial charge on any atom is 0.360 e. The normalized spacial score (nSPS) is 16.6. The van der Waals surface area contributed by atoms with Gasteiger partial charge in [0.05, 0.1) is 6.61 Å². The zero-order valence-corrected chi connectivity index (χ0v) is 9.94. The number of hydrogen-bond acceptors (Lipinski definition) is 6. The molecule has 6 heteroatoms. The number of nitrogens with one attached hydrogen (secondary N) is 1. The first-order chi connectivity index (χ1) is 8.31. The second kappa shape index (κ2) is 5.67. The number of ether oxygens (including phenoxy) is 1. The highest BCUT2D eigenvalue weighted by Gasteiger charge is 2.18. The van der Waals surface area contributed by atoms with Gasteiger partial charge in [0.25, 0.3) is 6.01 Å². The van der Waals surface area contributed by atoms with Crippen LogP contribution in [-0.2, 0) is 4.74 Å². The predicted molar refractivity (Wildman–Crippen MR) is 62.2 cm³/mol. The van der Waals surface area contributed by atoms with Gasteiger partial charge in [0, 0.05) is 19.6 Å². The molecule has 0 aliphatic carbocycles. The van der Waals surface area contributed by atoms with Crippen LogP contribution in [0.3, 0.4) is 0 Å². The molecule has 0 unspecified atom stereocenters. The van der Waals surface area contributed by atoms with E-state index in [1.165, 1.54) is 6.26 Å². The summed E-state index contributed by atoms with van der Waals surface area (Å²) in [4.78, 5) is 17.6. The third-order valence-electron chi connectivity index (χ3n) is 2.59. The monoisotopic (exact) mass is 239 g/mol. The number of hydrogen-bond donors (Lipinski definition) is 1. The van der Waals surface area contributed by atoms with Gasteiger partial charge in [-0.1, -0.05) is 0 Å². The van der Waals surface area contributed by atoms with Gasteiger partial charge in [-0.25, -0.2) is 4.79 Å². The summed E-state index contributed by atoms with van der Waals surface area (Å²) in [7, 11) is 0. The Hall–Kier alpha value is -1.56. The lowest BCUT2D eigenvalue weighted by atomic mass is 10.4. The minimum absolute atomic E-state index is 0.235. The van der Waals surface area contributed by atoms with Crippen LogP contribution in [0.4, 0.5) is 6.01 Å². The van der Waals surface area contributed by atoms with Crippen molar-refractivity contribution in [1.82, 2.24) is 10.3 Å². The van der Waals surface area contributed by atoms with Crippen molar-refractivity contribution in [3.63, 3.8) is 0 Å². The molecule has 94 valence electrons. The van der Waals surface area contributed by atoms with Crippen LogP contribution in [0.25, 0.3) is 0 Å². The van der Waals surface area contributed by atoms with Gasteiger partial charge < -0.3 is 19.4 Å². The largest absolute Gasteiger partial charge is 0.461 e. The fourth-order valence-corrected chi connectivity index (χ4v) is 1.75. The summed E-state index contributed by atoms with van der Waals surface area (Å²) in [6.07, 6.45) is 2.39. The molecule has 6 nitrogen and oxygen atoms in total. The van der Waals surface area contributed by atoms with Crippen molar-refractivity contribution in [1.29, 1.82) is 0 Å². The van der Waals surface area contributed by atoms with E-state index in [1.807, 2.05) is 4.90 Å². The zero-order valence-electron chi connectivity index (χ0n) is 9.94. The first-order valence-corrected chi connectivity index (χ1v) is 5.89. The van der Waals surface area contributed by atoms with E-state index in [9.17, 15) is 4.79 Å². The number of esters is 1. The molecule has 1 fully saturated rings. The lowest BCUT2D eigenvalue weighted by Gasteiger charge is -2.16. The Morgan fingerprint density at radius 3 is 3.29 bits per heavy atom. The molecule has 0 radical (unpaired) electrons. The zero-order chi connectivity index (χ0) is 12.1. The highest BCUT2D eigenvalue weighted by molar-refractivity contribution is 5.87. The molecule has 2 rings (SSSR count). The van der Waals surface area contributed by atoms with Crippen molar-refractivity contribution >= 4 is 12.0 Å². The van der Waals surface area contributed by atoms with Crippen LogP contribution in [-0.4, -0.2) is 43.7 Å². The Morgan fingerprint density at radius 1 is 1.59 bits per heavy atom. The maximum atomic E-state index is 11.4. The van der Waals surface area contributed by atoms with Crippen LogP contribution in [0.15, 0.2) is 10.7 Å². The molecule has 17 heavy (non-hydrogen) atoms. The molecule has 0 spiro atoms. The first-order valence-electron chi connectivity index (χ1n) is 5.89. The molecule has 1 aromatic rings. The molecular weight excluding hydrogens is 222 g/mol. The fourth-order valence-electron chi connectivity index (χ4n) is 1.75. The molecule has 1 N–H and O–H groups in total. The Morgan fingerprint density at radius 2 is 2.47 bits per heavy atom. The summed E-state index contributed by atoms with van der Waals surface area (Å²) >= 11 is 0. The van der Waals surface area contributed by atoms with Crippen LogP contribution in [0.1, 0.15) is 23.8 Å². The van der Waals surface area contributed by atoms with Gasteiger partial charge in [-0.15, -0.1) is 0 Å². The van der Waals surface area contributed by atoms with Crippen molar-refractivity contribution in [2.75, 3.05) is 37.7 Å². The molecule has 2 heterocycles. The number of nitrogens with zero attached hydrogens (tertiary/aromatic N) is 2. The van der Waals surface area contributed by atoms with Gasteiger partial charge >= 0.3 is 5.97 Å². The molecule has 1 saturated heterocycles. The summed E-state index contributed by atoms with van der Waals surface area (Å²) < 4.78 is 10.2. The molecule has 1 aromatic heterocycles. The average molecular weight is 239 g/mol. The number of anilines is 1. The van der Waals surface area contributed by atoms with Gasteiger partial charge in [0.2, 0.25) is 0 Å². The fraction of sp³-hybridized carbons (Fsp3) is 0.636. The summed E-state index contributed by atoms with van der Waals surface area (Å²) in [5.41, 5.74) is 0.235. The average Bonchev–Trinajstić information content (AvgIpc) is 2.66. The molecule has 1 aliphatic heterocycles. The van der Waals surface area contributed by atoms with E-state index in [-0.39, 0.29) is 5.69 Å². The minimum Gasteiger partial charge on any atom is -0.461 e. The highest BCUT2D eigenvalue weighted by Crippen LogP contribution is 2.15. The predicted octanol–water partition coefficient (Wildman–Crippen LogP) is 0.651. The third-order valence-corrected chi connectivity index (χ3v) is 2.59. The quantitative estimate of drug-likeness (QED) is 0.781. The highest BCUT2D eigenvalue weighted by atomic mass is 16.5. The van der Waals surface area contributed by atoms with Crippen LogP contribution in [0.2, 0.25) is 0 Å². The van der Waals surface area contributed by atoms with Gasteiger partial charge in [-0.3, -0.25) is 0 Å². The van der Waals surface area contributed by atoms with Crippen molar-refractivity contribution in [2.24, 2.45) is 0 Å². The lowest BCUT2D eigenvalue weighted by molar-refractivity contribution is 0.0519. The SMILES string of the molecule is CCOC(=O)c1coc(N2CCCNCC2)n1. The standard InChI is InChI=1S/C11H17N3O3/c1-2-16-10(15)9-8-17-11(13-9)14-6-3-4-12-5-7-14/h8,12H,2-7H2,1H3. The molecule has 1 aliphatic rings. The molecule has 0 atom stereocenters. The summed E-state index contributed by atoms with van der Waals surface area (Å²) in [5, 5.41) is 3.29. The smallest absolute Gasteiger partial charge is 0.360 e. The van der Waals surface area contributed by atoms with Crippen LogP contribution in [0, 0.1) is 0 Å². The van der Waals surface area contributed by atoms with Crippen molar-refractivity contribution in [3.05, 3.63) is 12.0 Å². The second-order valence-electron chi connectivity index (χ2n) is 3.83. The third kappa shape index (κ3) is 2.97. The van der Waals surface area contributed by atoms with Gasteiger partial charge in [0.1, 0.15) is 6.26 Å². The van der Waals surface area contributed by atoms with Crippen LogP contribution >= 0.6 is 0 Å². The van der Waals surface area contributed by atoms with Gasteiger partial charge in [0.15, 0.2) is 5.69 Å². The van der Waals surface area contributed by atoms with E-state index in [2.05, 4.69) is 10.3 Å². The van der Waals surface area contributed by atoms with Crippen molar-refractivity contribution in [2.45, 2.75) is 13.3 Å². The van der Waals surface area contributed by atoms with E-state index in [4.69, 9.17) is 9.15 Å². The Bertz CT molecular complexity index is 370. The maximum absolute atomic E-state index is 11.4. The molecule has 0 amide bonds. The van der Waals surface area contributed by atoms with Gasteiger partial charge in [-0.05, 0) is 19.9 Å². The number of rotatable bonds is 3. The number of oxazole rings is 1. The molecular formula is C11H17N3O3. The summed E-state index contributed by atoms with van der Waals surface area (Å²) in [5.74, 6) is -0.435. The van der Waals surface area contributed by atoms with E-state index in [1.54, 1.807) is 6.92 Å². The van der Waals surface area contributed by atoms with Crippen molar-refractivity contribution in [3.8, 4) is 0 Å². The first kappa shape index (κ1) is 11.9. The molecule has 0 saturated carbocycles. The topological polar surface area (TPSA) is 67.6 Å². The molecule has 0 bridgehead atoms. The number of aromatic nitrogens is 1. The minimum atomic E-state index is -0.435. The second-order valence-corrected chi connectivity index (χ2v) is 3.83. The summed E-state index contributed by atoms with van der Waals surface area (Å²) in [6.45, 7) is 5.73. The van der Waals surface area contributed by atoms with Crippen LogP contribution < -0.4 is 10.2 Å². The summed E-state index contributed by atoms with van der Waals surface area (Å²) in [6, 6.07) is 0.497. The Kier molecular flexibility index (Phi) is 3.98. The van der Waals surface area contributed by atoms with Gasteiger partial charge in [-0.2, -0.15) is 4.98 Å². The number of carbonyl (C=O) groups is 1. The van der Waals surface area contributed by atoms with E-state index in [0.717, 1.165) is 32.6 Å².